The highest BCUT2D eigenvalue weighted by Gasteiger charge is 2.15. The van der Waals surface area contributed by atoms with Gasteiger partial charge in [-0.3, -0.25) is 4.79 Å². The van der Waals surface area contributed by atoms with Gasteiger partial charge in [-0.1, -0.05) is 19.8 Å². The first kappa shape index (κ1) is 15.3. The molecule has 0 aromatic heterocycles. The summed E-state index contributed by atoms with van der Waals surface area (Å²) in [6, 6.07) is 4.72. The van der Waals surface area contributed by atoms with Crippen molar-refractivity contribution in [2.75, 3.05) is 19.5 Å². The Bertz CT molecular complexity index is 421. The number of carbonyl (C=O) groups excluding carboxylic acids is 1. The van der Waals surface area contributed by atoms with Crippen molar-refractivity contribution in [2.45, 2.75) is 32.2 Å². The average molecular weight is 266 g/mol. The van der Waals surface area contributed by atoms with Crippen LogP contribution in [-0.2, 0) is 4.79 Å². The number of amides is 1. The van der Waals surface area contributed by atoms with Gasteiger partial charge < -0.3 is 20.5 Å². The van der Waals surface area contributed by atoms with Gasteiger partial charge in [0.05, 0.1) is 25.9 Å². The Hall–Kier alpha value is -1.75. The third-order valence-electron chi connectivity index (χ3n) is 2.87. The van der Waals surface area contributed by atoms with Crippen molar-refractivity contribution in [3.05, 3.63) is 18.2 Å². The second-order valence-corrected chi connectivity index (χ2v) is 4.30. The number of anilines is 1. The molecule has 0 aliphatic carbocycles. The normalized spacial score (nSPS) is 11.8. The standard InChI is InChI=1S/C14H22N2O3/c1-4-5-6-11(15)14(17)16-12-9-10(18-2)7-8-13(12)19-3/h7-9,11H,4-6,15H2,1-3H3,(H,16,17). The minimum absolute atomic E-state index is 0.208. The minimum Gasteiger partial charge on any atom is -0.497 e. The van der Waals surface area contributed by atoms with Gasteiger partial charge in [-0.25, -0.2) is 0 Å². The maximum atomic E-state index is 12.0. The second-order valence-electron chi connectivity index (χ2n) is 4.30. The van der Waals surface area contributed by atoms with Crippen LogP contribution >= 0.6 is 0 Å². The van der Waals surface area contributed by atoms with Gasteiger partial charge in [0.1, 0.15) is 11.5 Å². The number of benzene rings is 1. The molecule has 1 unspecified atom stereocenters. The number of ether oxygens (including phenoxy) is 2. The Balaban J connectivity index is 2.76. The molecule has 1 rings (SSSR count). The molecule has 0 saturated carbocycles. The van der Waals surface area contributed by atoms with E-state index in [1.54, 1.807) is 32.4 Å². The highest BCUT2D eigenvalue weighted by atomic mass is 16.5. The molecule has 0 spiro atoms. The van der Waals surface area contributed by atoms with E-state index in [0.717, 1.165) is 12.8 Å². The number of methoxy groups -OCH3 is 2. The zero-order valence-electron chi connectivity index (χ0n) is 11.7. The van der Waals surface area contributed by atoms with Crippen LogP contribution in [0.3, 0.4) is 0 Å². The van der Waals surface area contributed by atoms with Crippen LogP contribution in [-0.4, -0.2) is 26.2 Å². The average Bonchev–Trinajstić information content (AvgIpc) is 2.44. The van der Waals surface area contributed by atoms with Crippen molar-refractivity contribution >= 4 is 11.6 Å². The van der Waals surface area contributed by atoms with Crippen LogP contribution in [0, 0.1) is 0 Å². The topological polar surface area (TPSA) is 73.6 Å². The number of unbranched alkanes of at least 4 members (excludes halogenated alkanes) is 1. The van der Waals surface area contributed by atoms with Crippen LogP contribution in [0.2, 0.25) is 0 Å². The summed E-state index contributed by atoms with van der Waals surface area (Å²) in [5.41, 5.74) is 6.40. The molecule has 0 radical (unpaired) electrons. The van der Waals surface area contributed by atoms with E-state index in [2.05, 4.69) is 12.2 Å². The summed E-state index contributed by atoms with van der Waals surface area (Å²) in [4.78, 5) is 12.0. The van der Waals surface area contributed by atoms with E-state index in [1.807, 2.05) is 0 Å². The highest BCUT2D eigenvalue weighted by molar-refractivity contribution is 5.96. The molecule has 0 saturated heterocycles. The minimum atomic E-state index is -0.504. The summed E-state index contributed by atoms with van der Waals surface area (Å²) < 4.78 is 10.3. The summed E-state index contributed by atoms with van der Waals surface area (Å²) >= 11 is 0. The highest BCUT2D eigenvalue weighted by Crippen LogP contribution is 2.28. The van der Waals surface area contributed by atoms with E-state index in [1.165, 1.54) is 0 Å². The predicted octanol–water partition coefficient (Wildman–Crippen LogP) is 2.16. The third-order valence-corrected chi connectivity index (χ3v) is 2.87. The molecule has 1 aromatic rings. The fourth-order valence-electron chi connectivity index (χ4n) is 1.69. The van der Waals surface area contributed by atoms with Gasteiger partial charge in [-0.15, -0.1) is 0 Å². The maximum Gasteiger partial charge on any atom is 0.241 e. The van der Waals surface area contributed by atoms with Gasteiger partial charge in [0, 0.05) is 6.07 Å². The molecule has 1 amide bonds. The lowest BCUT2D eigenvalue weighted by atomic mass is 10.1. The first-order chi connectivity index (χ1) is 9.12. The van der Waals surface area contributed by atoms with Crippen LogP contribution in [0.5, 0.6) is 11.5 Å². The molecule has 1 aromatic carbocycles. The molecule has 0 aliphatic heterocycles. The van der Waals surface area contributed by atoms with E-state index in [4.69, 9.17) is 15.2 Å². The largest absolute Gasteiger partial charge is 0.497 e. The number of nitrogens with one attached hydrogen (secondary N) is 1. The Morgan fingerprint density at radius 1 is 1.37 bits per heavy atom. The van der Waals surface area contributed by atoms with E-state index in [9.17, 15) is 4.79 Å². The number of carbonyl (C=O) groups is 1. The molecule has 0 aliphatic rings. The van der Waals surface area contributed by atoms with Crippen molar-refractivity contribution < 1.29 is 14.3 Å². The van der Waals surface area contributed by atoms with Crippen molar-refractivity contribution in [1.82, 2.24) is 0 Å². The molecule has 0 heterocycles. The monoisotopic (exact) mass is 266 g/mol. The van der Waals surface area contributed by atoms with Crippen LogP contribution in [0.15, 0.2) is 18.2 Å². The molecule has 106 valence electrons. The van der Waals surface area contributed by atoms with Crippen LogP contribution in [0.4, 0.5) is 5.69 Å². The number of nitrogens with two attached hydrogens (primary N) is 1. The summed E-state index contributed by atoms with van der Waals surface area (Å²) in [6.45, 7) is 2.07. The van der Waals surface area contributed by atoms with Crippen LogP contribution < -0.4 is 20.5 Å². The van der Waals surface area contributed by atoms with Gasteiger partial charge in [0.25, 0.3) is 0 Å². The van der Waals surface area contributed by atoms with Crippen molar-refractivity contribution in [3.63, 3.8) is 0 Å². The summed E-state index contributed by atoms with van der Waals surface area (Å²) in [7, 11) is 3.12. The van der Waals surface area contributed by atoms with Crippen LogP contribution in [0.1, 0.15) is 26.2 Å². The van der Waals surface area contributed by atoms with Gasteiger partial charge in [-0.05, 0) is 18.6 Å². The first-order valence-corrected chi connectivity index (χ1v) is 6.40. The predicted molar refractivity (Wildman–Crippen MR) is 75.7 cm³/mol. The zero-order chi connectivity index (χ0) is 14.3. The Morgan fingerprint density at radius 2 is 2.11 bits per heavy atom. The fourth-order valence-corrected chi connectivity index (χ4v) is 1.69. The van der Waals surface area contributed by atoms with E-state index in [-0.39, 0.29) is 5.91 Å². The summed E-state index contributed by atoms with van der Waals surface area (Å²) in [6.07, 6.45) is 2.63. The summed E-state index contributed by atoms with van der Waals surface area (Å²) in [5.74, 6) is 1.02. The second kappa shape index (κ2) is 7.63. The number of rotatable bonds is 7. The Labute approximate surface area is 114 Å². The lowest BCUT2D eigenvalue weighted by molar-refractivity contribution is -0.117. The van der Waals surface area contributed by atoms with E-state index in [0.29, 0.717) is 23.6 Å². The molecule has 3 N–H and O–H groups in total. The first-order valence-electron chi connectivity index (χ1n) is 6.40. The number of hydrogen-bond donors (Lipinski definition) is 2. The Kier molecular flexibility index (Phi) is 6.15. The van der Waals surface area contributed by atoms with Crippen molar-refractivity contribution in [2.24, 2.45) is 5.73 Å². The molecule has 0 bridgehead atoms. The maximum absolute atomic E-state index is 12.0. The SMILES string of the molecule is CCCCC(N)C(=O)Nc1cc(OC)ccc1OC. The molecule has 1 atom stereocenters. The van der Waals surface area contributed by atoms with Gasteiger partial charge >= 0.3 is 0 Å². The molecule has 5 heteroatoms. The summed E-state index contributed by atoms with van der Waals surface area (Å²) in [5, 5.41) is 2.78. The smallest absolute Gasteiger partial charge is 0.241 e. The van der Waals surface area contributed by atoms with Gasteiger partial charge in [0.15, 0.2) is 0 Å². The van der Waals surface area contributed by atoms with Crippen LogP contribution in [0.25, 0.3) is 0 Å². The molecule has 5 nitrogen and oxygen atoms in total. The van der Waals surface area contributed by atoms with Crippen molar-refractivity contribution in [1.29, 1.82) is 0 Å². The van der Waals surface area contributed by atoms with E-state index < -0.39 is 6.04 Å². The Morgan fingerprint density at radius 3 is 2.68 bits per heavy atom. The molecule has 0 fully saturated rings. The van der Waals surface area contributed by atoms with Gasteiger partial charge in [0.2, 0.25) is 5.91 Å². The third kappa shape index (κ3) is 4.44. The fraction of sp³-hybridized carbons (Fsp3) is 0.500. The van der Waals surface area contributed by atoms with Crippen molar-refractivity contribution in [3.8, 4) is 11.5 Å². The lowest BCUT2D eigenvalue weighted by Gasteiger charge is -2.15. The molecule has 19 heavy (non-hydrogen) atoms. The van der Waals surface area contributed by atoms with Gasteiger partial charge in [-0.2, -0.15) is 0 Å². The molecular formula is C14H22N2O3. The zero-order valence-corrected chi connectivity index (χ0v) is 11.7. The number of hydrogen-bond acceptors (Lipinski definition) is 4. The quantitative estimate of drug-likeness (QED) is 0.793. The lowest BCUT2D eigenvalue weighted by Crippen LogP contribution is -2.35. The van der Waals surface area contributed by atoms with E-state index >= 15 is 0 Å². The molecular weight excluding hydrogens is 244 g/mol.